The Balaban J connectivity index is 2.06. The number of methoxy groups -OCH3 is 2. The van der Waals surface area contributed by atoms with Gasteiger partial charge in [0.1, 0.15) is 17.9 Å². The van der Waals surface area contributed by atoms with Gasteiger partial charge in [-0.1, -0.05) is 0 Å². The van der Waals surface area contributed by atoms with Gasteiger partial charge in [0.05, 0.1) is 14.2 Å². The van der Waals surface area contributed by atoms with Crippen molar-refractivity contribution < 1.29 is 18.7 Å². The smallest absolute Gasteiger partial charge is 0.314 e. The predicted molar refractivity (Wildman–Crippen MR) is 87.4 cm³/mol. The molecule has 0 atom stereocenters. The van der Waals surface area contributed by atoms with Crippen LogP contribution in [0.1, 0.15) is 5.89 Å². The third kappa shape index (κ3) is 3.27. The molecular formula is C18H16N2O4. The molecule has 0 saturated heterocycles. The van der Waals surface area contributed by atoms with Gasteiger partial charge in [-0.25, -0.2) is 4.98 Å². The normalized spacial score (nSPS) is 10.4. The van der Waals surface area contributed by atoms with Gasteiger partial charge >= 0.3 is 5.97 Å². The average molecular weight is 324 g/mol. The lowest BCUT2D eigenvalue weighted by Crippen LogP contribution is -2.04. The summed E-state index contributed by atoms with van der Waals surface area (Å²) in [5.74, 6) is 1.24. The van der Waals surface area contributed by atoms with E-state index in [1.807, 2.05) is 36.4 Å². The Morgan fingerprint density at radius 2 is 1.75 bits per heavy atom. The minimum atomic E-state index is -0.404. The van der Waals surface area contributed by atoms with Crippen molar-refractivity contribution in [1.82, 2.24) is 9.97 Å². The molecule has 0 N–H and O–H groups in total. The Bertz CT molecular complexity index is 826. The summed E-state index contributed by atoms with van der Waals surface area (Å²) >= 11 is 0. The van der Waals surface area contributed by atoms with E-state index in [1.54, 1.807) is 19.5 Å². The highest BCUT2D eigenvalue weighted by Gasteiger charge is 2.19. The Morgan fingerprint density at radius 1 is 1.04 bits per heavy atom. The first-order valence-electron chi connectivity index (χ1n) is 7.32. The molecule has 2 aromatic heterocycles. The topological polar surface area (TPSA) is 74.5 Å². The van der Waals surface area contributed by atoms with E-state index >= 15 is 0 Å². The molecule has 122 valence electrons. The van der Waals surface area contributed by atoms with Crippen LogP contribution in [-0.4, -0.2) is 30.2 Å². The van der Waals surface area contributed by atoms with Gasteiger partial charge in [0, 0.05) is 23.5 Å². The highest BCUT2D eigenvalue weighted by Crippen LogP contribution is 2.33. The molecule has 24 heavy (non-hydrogen) atoms. The molecule has 3 aromatic rings. The maximum absolute atomic E-state index is 11.5. The van der Waals surface area contributed by atoms with Crippen LogP contribution in [0.25, 0.3) is 22.6 Å². The lowest BCUT2D eigenvalue weighted by molar-refractivity contribution is -0.140. The van der Waals surface area contributed by atoms with E-state index in [1.165, 1.54) is 7.11 Å². The first-order chi connectivity index (χ1) is 11.7. The SMILES string of the molecule is COC(=O)Cc1nc(-c2ccncc2)c(-c2ccc(OC)cc2)o1. The summed E-state index contributed by atoms with van der Waals surface area (Å²) in [7, 11) is 2.94. The monoisotopic (exact) mass is 324 g/mol. The van der Waals surface area contributed by atoms with Crippen LogP contribution in [0.3, 0.4) is 0 Å². The minimum Gasteiger partial charge on any atom is -0.497 e. The quantitative estimate of drug-likeness (QED) is 0.671. The van der Waals surface area contributed by atoms with Gasteiger partial charge < -0.3 is 13.9 Å². The van der Waals surface area contributed by atoms with Crippen molar-refractivity contribution in [3.05, 3.63) is 54.7 Å². The van der Waals surface area contributed by atoms with Gasteiger partial charge in [0.15, 0.2) is 5.76 Å². The number of benzene rings is 1. The number of hydrogen-bond donors (Lipinski definition) is 0. The molecular weight excluding hydrogens is 308 g/mol. The zero-order chi connectivity index (χ0) is 16.9. The highest BCUT2D eigenvalue weighted by molar-refractivity contribution is 5.78. The molecule has 0 radical (unpaired) electrons. The van der Waals surface area contributed by atoms with E-state index < -0.39 is 5.97 Å². The molecule has 2 heterocycles. The summed E-state index contributed by atoms with van der Waals surface area (Å²) in [4.78, 5) is 20.0. The van der Waals surface area contributed by atoms with Crippen LogP contribution < -0.4 is 4.74 Å². The van der Waals surface area contributed by atoms with Crippen molar-refractivity contribution in [2.24, 2.45) is 0 Å². The van der Waals surface area contributed by atoms with Crippen molar-refractivity contribution in [2.75, 3.05) is 14.2 Å². The zero-order valence-corrected chi connectivity index (χ0v) is 13.4. The summed E-state index contributed by atoms with van der Waals surface area (Å²) < 4.78 is 15.7. The minimum absolute atomic E-state index is 0.0231. The number of aromatic nitrogens is 2. The summed E-state index contributed by atoms with van der Waals surface area (Å²) in [5.41, 5.74) is 2.35. The third-order valence-corrected chi connectivity index (χ3v) is 3.50. The molecule has 1 aromatic carbocycles. The van der Waals surface area contributed by atoms with Crippen molar-refractivity contribution in [3.8, 4) is 28.3 Å². The fourth-order valence-electron chi connectivity index (χ4n) is 2.28. The Kier molecular flexibility index (Phi) is 4.56. The molecule has 3 rings (SSSR count). The van der Waals surface area contributed by atoms with E-state index in [-0.39, 0.29) is 6.42 Å². The average Bonchev–Trinajstić information content (AvgIpc) is 3.06. The van der Waals surface area contributed by atoms with Crippen molar-refractivity contribution in [2.45, 2.75) is 6.42 Å². The van der Waals surface area contributed by atoms with Crippen LogP contribution in [0, 0.1) is 0 Å². The highest BCUT2D eigenvalue weighted by atomic mass is 16.5. The molecule has 0 unspecified atom stereocenters. The fourth-order valence-corrected chi connectivity index (χ4v) is 2.28. The number of hydrogen-bond acceptors (Lipinski definition) is 6. The second kappa shape index (κ2) is 6.95. The number of esters is 1. The van der Waals surface area contributed by atoms with E-state index in [0.717, 1.165) is 16.9 Å². The van der Waals surface area contributed by atoms with Gasteiger partial charge in [0.25, 0.3) is 0 Å². The number of ether oxygens (including phenoxy) is 2. The summed E-state index contributed by atoms with van der Waals surface area (Å²) in [5, 5.41) is 0. The summed E-state index contributed by atoms with van der Waals surface area (Å²) in [6.45, 7) is 0. The van der Waals surface area contributed by atoms with E-state index in [0.29, 0.717) is 17.3 Å². The van der Waals surface area contributed by atoms with Crippen LogP contribution in [-0.2, 0) is 16.0 Å². The second-order valence-electron chi connectivity index (χ2n) is 5.00. The van der Waals surface area contributed by atoms with Crippen LogP contribution >= 0.6 is 0 Å². The van der Waals surface area contributed by atoms with Crippen LogP contribution in [0.4, 0.5) is 0 Å². The second-order valence-corrected chi connectivity index (χ2v) is 5.00. The number of pyridine rings is 1. The molecule has 0 aliphatic carbocycles. The van der Waals surface area contributed by atoms with Crippen molar-refractivity contribution in [1.29, 1.82) is 0 Å². The number of nitrogens with zero attached hydrogens (tertiary/aromatic N) is 2. The van der Waals surface area contributed by atoms with Crippen LogP contribution in [0.5, 0.6) is 5.75 Å². The Labute approximate surface area is 139 Å². The number of oxazole rings is 1. The molecule has 0 saturated carbocycles. The molecule has 0 fully saturated rings. The Hall–Kier alpha value is -3.15. The number of carbonyl (C=O) groups is 1. The summed E-state index contributed by atoms with van der Waals surface area (Å²) in [6.07, 6.45) is 3.34. The lowest BCUT2D eigenvalue weighted by atomic mass is 10.1. The molecule has 0 spiro atoms. The predicted octanol–water partition coefficient (Wildman–Crippen LogP) is 3.13. The molecule has 6 heteroatoms. The maximum atomic E-state index is 11.5. The standard InChI is InChI=1S/C18H16N2O4/c1-22-14-5-3-13(4-6-14)18-17(12-7-9-19-10-8-12)20-15(24-18)11-16(21)23-2/h3-10H,11H2,1-2H3. The zero-order valence-electron chi connectivity index (χ0n) is 13.4. The first-order valence-corrected chi connectivity index (χ1v) is 7.32. The molecule has 0 aliphatic heterocycles. The van der Waals surface area contributed by atoms with E-state index in [2.05, 4.69) is 14.7 Å². The number of rotatable bonds is 5. The van der Waals surface area contributed by atoms with Crippen molar-refractivity contribution in [3.63, 3.8) is 0 Å². The van der Waals surface area contributed by atoms with Crippen LogP contribution in [0.15, 0.2) is 53.2 Å². The third-order valence-electron chi connectivity index (χ3n) is 3.50. The van der Waals surface area contributed by atoms with Gasteiger partial charge in [-0.2, -0.15) is 0 Å². The largest absolute Gasteiger partial charge is 0.497 e. The fraction of sp³-hybridized carbons (Fsp3) is 0.167. The maximum Gasteiger partial charge on any atom is 0.314 e. The van der Waals surface area contributed by atoms with Gasteiger partial charge in [-0.3, -0.25) is 9.78 Å². The molecule has 0 bridgehead atoms. The van der Waals surface area contributed by atoms with E-state index in [4.69, 9.17) is 9.15 Å². The van der Waals surface area contributed by atoms with Crippen molar-refractivity contribution >= 4 is 5.97 Å². The van der Waals surface area contributed by atoms with Gasteiger partial charge in [-0.05, 0) is 36.4 Å². The molecule has 0 aliphatic rings. The first kappa shape index (κ1) is 15.7. The van der Waals surface area contributed by atoms with Gasteiger partial charge in [0.2, 0.25) is 5.89 Å². The van der Waals surface area contributed by atoms with E-state index in [9.17, 15) is 4.79 Å². The lowest BCUT2D eigenvalue weighted by Gasteiger charge is -2.03. The number of carbonyl (C=O) groups excluding carboxylic acids is 1. The molecule has 6 nitrogen and oxygen atoms in total. The Morgan fingerprint density at radius 3 is 2.38 bits per heavy atom. The van der Waals surface area contributed by atoms with Crippen LogP contribution in [0.2, 0.25) is 0 Å². The van der Waals surface area contributed by atoms with Gasteiger partial charge in [-0.15, -0.1) is 0 Å². The summed E-state index contributed by atoms with van der Waals surface area (Å²) in [6, 6.07) is 11.1. The molecule has 0 amide bonds.